The molecular formula is C18H22O2S. The van der Waals surface area contributed by atoms with Crippen LogP contribution in [0.3, 0.4) is 0 Å². The van der Waals surface area contributed by atoms with Crippen molar-refractivity contribution >= 4 is 17.3 Å². The van der Waals surface area contributed by atoms with Crippen LogP contribution in [0.5, 0.6) is 0 Å². The Labute approximate surface area is 131 Å². The van der Waals surface area contributed by atoms with E-state index in [2.05, 4.69) is 39.7 Å². The minimum absolute atomic E-state index is 0.00277. The van der Waals surface area contributed by atoms with E-state index in [1.54, 1.807) is 11.3 Å². The van der Waals surface area contributed by atoms with E-state index in [-0.39, 0.29) is 17.3 Å². The summed E-state index contributed by atoms with van der Waals surface area (Å²) >= 11 is 1.58. The van der Waals surface area contributed by atoms with Crippen molar-refractivity contribution in [3.63, 3.8) is 0 Å². The third kappa shape index (κ3) is 3.57. The van der Waals surface area contributed by atoms with Crippen molar-refractivity contribution in [3.8, 4) is 12.3 Å². The summed E-state index contributed by atoms with van der Waals surface area (Å²) in [6.07, 6.45) is 8.26. The molecule has 2 rings (SSSR count). The maximum Gasteiger partial charge on any atom is 0.310 e. The van der Waals surface area contributed by atoms with Crippen LogP contribution in [0.2, 0.25) is 0 Å². The highest BCUT2D eigenvalue weighted by molar-refractivity contribution is 7.12. The summed E-state index contributed by atoms with van der Waals surface area (Å²) in [6.45, 7) is 8.81. The van der Waals surface area contributed by atoms with Gasteiger partial charge in [0.25, 0.3) is 0 Å². The van der Waals surface area contributed by atoms with Gasteiger partial charge in [-0.1, -0.05) is 31.4 Å². The number of terminal acetylenes is 1. The summed E-state index contributed by atoms with van der Waals surface area (Å²) in [6, 6.07) is 3.93. The Balaban J connectivity index is 1.83. The summed E-state index contributed by atoms with van der Waals surface area (Å²) in [4.78, 5) is 14.3. The highest BCUT2D eigenvalue weighted by Crippen LogP contribution is 2.59. The zero-order chi connectivity index (χ0) is 15.6. The van der Waals surface area contributed by atoms with Crippen molar-refractivity contribution in [2.75, 3.05) is 6.61 Å². The first-order chi connectivity index (χ1) is 9.86. The molecule has 1 saturated carbocycles. The van der Waals surface area contributed by atoms with Gasteiger partial charge in [-0.3, -0.25) is 4.79 Å². The van der Waals surface area contributed by atoms with E-state index in [9.17, 15) is 4.79 Å². The van der Waals surface area contributed by atoms with E-state index in [1.807, 2.05) is 12.1 Å². The molecule has 1 heterocycles. The summed E-state index contributed by atoms with van der Waals surface area (Å²) in [5, 5.41) is 0. The number of allylic oxidation sites excluding steroid dienone is 2. The number of hydrogen-bond donors (Lipinski definition) is 0. The first-order valence-corrected chi connectivity index (χ1v) is 8.05. The molecule has 0 radical (unpaired) electrons. The van der Waals surface area contributed by atoms with Gasteiger partial charge >= 0.3 is 5.97 Å². The molecule has 0 aromatic carbocycles. The number of carbonyl (C=O) groups is 1. The van der Waals surface area contributed by atoms with Gasteiger partial charge in [-0.25, -0.2) is 0 Å². The maximum atomic E-state index is 12.2. The minimum atomic E-state index is -0.0729. The molecule has 0 aliphatic heterocycles. The largest absolute Gasteiger partial charge is 0.465 e. The Kier molecular flexibility index (Phi) is 4.58. The van der Waals surface area contributed by atoms with E-state index in [0.29, 0.717) is 12.5 Å². The fourth-order valence-corrected chi connectivity index (χ4v) is 3.53. The molecule has 2 atom stereocenters. The van der Waals surface area contributed by atoms with Gasteiger partial charge in [0.05, 0.1) is 17.4 Å². The lowest BCUT2D eigenvalue weighted by atomic mass is 10.1. The van der Waals surface area contributed by atoms with E-state index < -0.39 is 0 Å². The predicted molar refractivity (Wildman–Crippen MR) is 87.1 cm³/mol. The SMILES string of the molecule is C#Cc1ccc(CCOC(=O)[C@@H]2[C@@H](C=C(C)C)C2(C)C)s1. The number of ether oxygens (including phenoxy) is 1. The van der Waals surface area contributed by atoms with E-state index in [4.69, 9.17) is 11.2 Å². The molecule has 0 unspecified atom stereocenters. The van der Waals surface area contributed by atoms with Gasteiger partial charge in [-0.2, -0.15) is 0 Å². The third-order valence-corrected chi connectivity index (χ3v) is 5.15. The molecule has 1 aromatic heterocycles. The summed E-state index contributed by atoms with van der Waals surface area (Å²) in [5.41, 5.74) is 1.28. The van der Waals surface area contributed by atoms with Gasteiger partial charge in [-0.15, -0.1) is 17.8 Å². The Morgan fingerprint density at radius 1 is 1.48 bits per heavy atom. The van der Waals surface area contributed by atoms with Crippen molar-refractivity contribution < 1.29 is 9.53 Å². The van der Waals surface area contributed by atoms with Crippen LogP contribution in [-0.2, 0) is 16.0 Å². The van der Waals surface area contributed by atoms with Gasteiger partial charge in [0.2, 0.25) is 0 Å². The standard InChI is InChI=1S/C18H22O2S/c1-6-13-7-8-14(21-13)9-10-20-17(19)16-15(11-12(2)3)18(16,4)5/h1,7-8,11,15-16H,9-10H2,2-5H3/t15-,16+/m1/s1. The van der Waals surface area contributed by atoms with E-state index in [1.165, 1.54) is 5.57 Å². The summed E-state index contributed by atoms with van der Waals surface area (Å²) in [7, 11) is 0. The molecule has 1 aliphatic rings. The second-order valence-corrected chi connectivity index (χ2v) is 7.56. The number of esters is 1. The summed E-state index contributed by atoms with van der Waals surface area (Å²) in [5.74, 6) is 2.85. The van der Waals surface area contributed by atoms with Crippen LogP contribution in [0.15, 0.2) is 23.8 Å². The van der Waals surface area contributed by atoms with Crippen molar-refractivity contribution in [1.82, 2.24) is 0 Å². The van der Waals surface area contributed by atoms with Crippen LogP contribution in [-0.4, -0.2) is 12.6 Å². The molecular weight excluding hydrogens is 280 g/mol. The van der Waals surface area contributed by atoms with E-state index >= 15 is 0 Å². The van der Waals surface area contributed by atoms with Crippen molar-refractivity contribution in [3.05, 3.63) is 33.5 Å². The average Bonchev–Trinajstić information content (AvgIpc) is 2.77. The van der Waals surface area contributed by atoms with Crippen LogP contribution >= 0.6 is 11.3 Å². The van der Waals surface area contributed by atoms with Crippen LogP contribution < -0.4 is 0 Å². The second-order valence-electron chi connectivity index (χ2n) is 6.40. The lowest BCUT2D eigenvalue weighted by Gasteiger charge is -2.04. The van der Waals surface area contributed by atoms with Gasteiger partial charge in [0.1, 0.15) is 0 Å². The minimum Gasteiger partial charge on any atom is -0.465 e. The smallest absolute Gasteiger partial charge is 0.310 e. The normalized spacial score (nSPS) is 22.2. The number of rotatable bonds is 5. The highest BCUT2D eigenvalue weighted by Gasteiger charge is 2.61. The van der Waals surface area contributed by atoms with Gasteiger partial charge in [0, 0.05) is 11.3 Å². The quantitative estimate of drug-likeness (QED) is 0.466. The third-order valence-electron chi connectivity index (χ3n) is 4.07. The lowest BCUT2D eigenvalue weighted by Crippen LogP contribution is -2.12. The molecule has 21 heavy (non-hydrogen) atoms. The molecule has 1 fully saturated rings. The van der Waals surface area contributed by atoms with Gasteiger partial charge in [0.15, 0.2) is 0 Å². The van der Waals surface area contributed by atoms with Crippen LogP contribution in [0.25, 0.3) is 0 Å². The lowest BCUT2D eigenvalue weighted by molar-refractivity contribution is -0.146. The van der Waals surface area contributed by atoms with Crippen molar-refractivity contribution in [2.45, 2.75) is 34.1 Å². The molecule has 0 bridgehead atoms. The first-order valence-electron chi connectivity index (χ1n) is 7.23. The molecule has 0 spiro atoms. The zero-order valence-corrected chi connectivity index (χ0v) is 13.9. The molecule has 0 amide bonds. The summed E-state index contributed by atoms with van der Waals surface area (Å²) < 4.78 is 5.45. The average molecular weight is 302 g/mol. The van der Waals surface area contributed by atoms with Crippen LogP contribution in [0.1, 0.15) is 37.4 Å². The van der Waals surface area contributed by atoms with Crippen molar-refractivity contribution in [2.24, 2.45) is 17.3 Å². The van der Waals surface area contributed by atoms with Crippen LogP contribution in [0.4, 0.5) is 0 Å². The zero-order valence-electron chi connectivity index (χ0n) is 13.1. The molecule has 112 valence electrons. The predicted octanol–water partition coefficient (Wildman–Crippen LogP) is 4.05. The molecule has 0 N–H and O–H groups in total. The highest BCUT2D eigenvalue weighted by atomic mass is 32.1. The number of hydrogen-bond acceptors (Lipinski definition) is 3. The first kappa shape index (κ1) is 15.9. The van der Waals surface area contributed by atoms with Crippen molar-refractivity contribution in [1.29, 1.82) is 0 Å². The second kappa shape index (κ2) is 6.07. The monoisotopic (exact) mass is 302 g/mol. The van der Waals surface area contributed by atoms with Crippen LogP contribution in [0, 0.1) is 29.6 Å². The Morgan fingerprint density at radius 2 is 2.19 bits per heavy atom. The fraction of sp³-hybridized carbons (Fsp3) is 0.500. The molecule has 0 saturated heterocycles. The fourth-order valence-electron chi connectivity index (χ4n) is 2.73. The molecule has 1 aromatic rings. The van der Waals surface area contributed by atoms with Gasteiger partial charge < -0.3 is 4.74 Å². The molecule has 3 heteroatoms. The number of carbonyl (C=O) groups excluding carboxylic acids is 1. The Hall–Kier alpha value is -1.53. The maximum absolute atomic E-state index is 12.2. The van der Waals surface area contributed by atoms with E-state index in [0.717, 1.165) is 16.2 Å². The molecule has 2 nitrogen and oxygen atoms in total. The Bertz CT molecular complexity index is 597. The molecule has 1 aliphatic carbocycles. The van der Waals surface area contributed by atoms with Gasteiger partial charge in [-0.05, 0) is 37.3 Å². The Morgan fingerprint density at radius 3 is 2.76 bits per heavy atom. The topological polar surface area (TPSA) is 26.3 Å². The number of thiophene rings is 1.